The molecule has 0 aliphatic carbocycles. The van der Waals surface area contributed by atoms with Gasteiger partial charge in [0.05, 0.1) is 5.56 Å². The van der Waals surface area contributed by atoms with E-state index >= 15 is 0 Å². The van der Waals surface area contributed by atoms with Crippen molar-refractivity contribution < 1.29 is 26.8 Å². The monoisotopic (exact) mass is 357 g/mol. The maximum Gasteiger partial charge on any atom is 0.257 e. The molecular formula is C16H15F4N3O2. The van der Waals surface area contributed by atoms with Crippen molar-refractivity contribution in [1.82, 2.24) is 9.88 Å². The van der Waals surface area contributed by atoms with Gasteiger partial charge in [0, 0.05) is 26.2 Å². The summed E-state index contributed by atoms with van der Waals surface area (Å²) in [4.78, 5) is 17.7. The van der Waals surface area contributed by atoms with Gasteiger partial charge < -0.3 is 14.2 Å². The Hall–Kier alpha value is -2.58. The van der Waals surface area contributed by atoms with Crippen LogP contribution in [0.25, 0.3) is 0 Å². The summed E-state index contributed by atoms with van der Waals surface area (Å²) in [7, 11) is 0. The van der Waals surface area contributed by atoms with Gasteiger partial charge in [0.15, 0.2) is 0 Å². The molecule has 0 aromatic carbocycles. The Bertz CT molecular complexity index is 803. The molecule has 0 N–H and O–H groups in total. The minimum absolute atomic E-state index is 0.0261. The fourth-order valence-electron chi connectivity index (χ4n) is 2.90. The van der Waals surface area contributed by atoms with Gasteiger partial charge in [-0.1, -0.05) is 0 Å². The molecule has 3 heterocycles. The van der Waals surface area contributed by atoms with Crippen molar-refractivity contribution in [2.75, 3.05) is 31.1 Å². The second kappa shape index (κ2) is 6.38. The van der Waals surface area contributed by atoms with Gasteiger partial charge in [-0.25, -0.2) is 0 Å². The normalized spacial score (nSPS) is 15.0. The number of piperazine rings is 1. The molecule has 0 bridgehead atoms. The third-order valence-electron chi connectivity index (χ3n) is 4.13. The number of carbonyl (C=O) groups excluding carboxylic acids is 1. The predicted octanol–water partition coefficient (Wildman–Crippen LogP) is 2.81. The predicted molar refractivity (Wildman–Crippen MR) is 80.4 cm³/mol. The average molecular weight is 357 g/mol. The van der Waals surface area contributed by atoms with Crippen LogP contribution in [0.3, 0.4) is 0 Å². The van der Waals surface area contributed by atoms with Crippen LogP contribution >= 0.6 is 0 Å². The summed E-state index contributed by atoms with van der Waals surface area (Å²) >= 11 is 0. The molecule has 1 aliphatic heterocycles. The first kappa shape index (κ1) is 17.2. The van der Waals surface area contributed by atoms with Crippen LogP contribution in [0.15, 0.2) is 10.5 Å². The van der Waals surface area contributed by atoms with Gasteiger partial charge in [-0.2, -0.15) is 22.5 Å². The van der Waals surface area contributed by atoms with Crippen LogP contribution in [-0.4, -0.2) is 42.0 Å². The Labute approximate surface area is 140 Å². The smallest absolute Gasteiger partial charge is 0.257 e. The number of amides is 1. The van der Waals surface area contributed by atoms with Gasteiger partial charge in [0.1, 0.15) is 17.2 Å². The summed E-state index contributed by atoms with van der Waals surface area (Å²) in [5, 5.41) is 0. The Morgan fingerprint density at radius 3 is 2.08 bits per heavy atom. The molecule has 2 aromatic heterocycles. The van der Waals surface area contributed by atoms with E-state index in [2.05, 4.69) is 4.98 Å². The zero-order chi connectivity index (χ0) is 18.3. The number of pyridine rings is 1. The minimum Gasteiger partial charge on any atom is -0.466 e. The number of nitrogens with zero attached hydrogens (tertiary/aromatic N) is 3. The first-order valence-corrected chi connectivity index (χ1v) is 7.60. The molecule has 134 valence electrons. The Morgan fingerprint density at radius 2 is 1.60 bits per heavy atom. The SMILES string of the molecule is Cc1cc(C(=O)N2CCN(c3c(F)c(F)nc(F)c3F)CC2)c(C)o1. The number of rotatable bonds is 2. The highest BCUT2D eigenvalue weighted by Gasteiger charge is 2.30. The number of anilines is 1. The number of hydrogen-bond acceptors (Lipinski definition) is 4. The van der Waals surface area contributed by atoms with Gasteiger partial charge in [-0.3, -0.25) is 4.79 Å². The van der Waals surface area contributed by atoms with Crippen LogP contribution in [0.4, 0.5) is 23.2 Å². The van der Waals surface area contributed by atoms with Crippen molar-refractivity contribution in [2.24, 2.45) is 0 Å². The van der Waals surface area contributed by atoms with Crippen molar-refractivity contribution in [3.05, 3.63) is 46.7 Å². The standard InChI is InChI=1S/C16H15F4N3O2/c1-8-7-10(9(2)25-8)16(24)23-5-3-22(4-6-23)13-11(17)14(19)21-15(20)12(13)18/h7H,3-6H2,1-2H3. The molecule has 1 fully saturated rings. The van der Waals surface area contributed by atoms with Crippen molar-refractivity contribution in [2.45, 2.75) is 13.8 Å². The first-order valence-electron chi connectivity index (χ1n) is 7.60. The second-order valence-electron chi connectivity index (χ2n) is 5.78. The van der Waals surface area contributed by atoms with E-state index in [1.807, 2.05) is 0 Å². The number of furan rings is 1. The maximum absolute atomic E-state index is 13.8. The molecule has 1 saturated heterocycles. The largest absolute Gasteiger partial charge is 0.466 e. The number of hydrogen-bond donors (Lipinski definition) is 0. The molecule has 0 radical (unpaired) electrons. The summed E-state index contributed by atoms with van der Waals surface area (Å²) < 4.78 is 59.5. The summed E-state index contributed by atoms with van der Waals surface area (Å²) in [5.41, 5.74) is -0.378. The van der Waals surface area contributed by atoms with E-state index in [1.54, 1.807) is 19.9 Å². The third kappa shape index (κ3) is 3.06. The fourth-order valence-corrected chi connectivity index (χ4v) is 2.90. The van der Waals surface area contributed by atoms with Gasteiger partial charge >= 0.3 is 0 Å². The highest BCUT2D eigenvalue weighted by molar-refractivity contribution is 5.95. The Kier molecular flexibility index (Phi) is 4.40. The summed E-state index contributed by atoms with van der Waals surface area (Å²) in [5.74, 6) is -5.65. The lowest BCUT2D eigenvalue weighted by Gasteiger charge is -2.36. The van der Waals surface area contributed by atoms with Crippen LogP contribution in [0.5, 0.6) is 0 Å². The van der Waals surface area contributed by atoms with Crippen LogP contribution in [0.1, 0.15) is 21.9 Å². The van der Waals surface area contributed by atoms with E-state index in [9.17, 15) is 22.4 Å². The molecule has 5 nitrogen and oxygen atoms in total. The van der Waals surface area contributed by atoms with E-state index in [1.165, 1.54) is 4.90 Å². The number of halogens is 4. The Balaban J connectivity index is 1.77. The summed E-state index contributed by atoms with van der Waals surface area (Å²) in [6, 6.07) is 1.62. The lowest BCUT2D eigenvalue weighted by Crippen LogP contribution is -2.49. The lowest BCUT2D eigenvalue weighted by atomic mass is 10.2. The topological polar surface area (TPSA) is 49.6 Å². The third-order valence-corrected chi connectivity index (χ3v) is 4.13. The molecular weight excluding hydrogens is 342 g/mol. The van der Waals surface area contributed by atoms with Crippen molar-refractivity contribution in [3.63, 3.8) is 0 Å². The van der Waals surface area contributed by atoms with Gasteiger partial charge in [0.2, 0.25) is 11.6 Å². The van der Waals surface area contributed by atoms with E-state index in [0.717, 1.165) is 4.90 Å². The summed E-state index contributed by atoms with van der Waals surface area (Å²) in [6.07, 6.45) is 0. The lowest BCUT2D eigenvalue weighted by molar-refractivity contribution is 0.0744. The molecule has 0 atom stereocenters. The molecule has 1 amide bonds. The number of carbonyl (C=O) groups is 1. The second-order valence-corrected chi connectivity index (χ2v) is 5.78. The molecule has 0 saturated carbocycles. The van der Waals surface area contributed by atoms with Crippen molar-refractivity contribution in [1.29, 1.82) is 0 Å². The summed E-state index contributed by atoms with van der Waals surface area (Å²) in [6.45, 7) is 3.74. The molecule has 0 unspecified atom stereocenters. The fraction of sp³-hybridized carbons (Fsp3) is 0.375. The van der Waals surface area contributed by atoms with Crippen LogP contribution in [-0.2, 0) is 0 Å². The van der Waals surface area contributed by atoms with E-state index in [0.29, 0.717) is 17.1 Å². The minimum atomic E-state index is -1.70. The van der Waals surface area contributed by atoms with Crippen molar-refractivity contribution >= 4 is 11.6 Å². The van der Waals surface area contributed by atoms with Gasteiger partial charge in [-0.15, -0.1) is 0 Å². The molecule has 3 rings (SSSR count). The molecule has 0 spiro atoms. The van der Waals surface area contributed by atoms with Crippen LogP contribution in [0.2, 0.25) is 0 Å². The van der Waals surface area contributed by atoms with Gasteiger partial charge in [0.25, 0.3) is 17.8 Å². The van der Waals surface area contributed by atoms with Crippen LogP contribution < -0.4 is 4.90 Å². The number of aromatic nitrogens is 1. The molecule has 25 heavy (non-hydrogen) atoms. The quantitative estimate of drug-likeness (QED) is 0.613. The van der Waals surface area contributed by atoms with Crippen molar-refractivity contribution in [3.8, 4) is 0 Å². The first-order chi connectivity index (χ1) is 11.8. The molecule has 2 aromatic rings. The number of aryl methyl sites for hydroxylation is 2. The van der Waals surface area contributed by atoms with Gasteiger partial charge in [-0.05, 0) is 19.9 Å². The van der Waals surface area contributed by atoms with E-state index in [-0.39, 0.29) is 32.1 Å². The zero-order valence-corrected chi connectivity index (χ0v) is 13.6. The molecule has 1 aliphatic rings. The maximum atomic E-state index is 13.8. The highest BCUT2D eigenvalue weighted by atomic mass is 19.2. The van der Waals surface area contributed by atoms with Crippen LogP contribution in [0, 0.1) is 37.4 Å². The highest BCUT2D eigenvalue weighted by Crippen LogP contribution is 2.27. The zero-order valence-electron chi connectivity index (χ0n) is 13.6. The van der Waals surface area contributed by atoms with E-state index in [4.69, 9.17) is 4.42 Å². The molecule has 9 heteroatoms. The van der Waals surface area contributed by atoms with E-state index < -0.39 is 29.2 Å². The Morgan fingerprint density at radius 1 is 1.04 bits per heavy atom. The average Bonchev–Trinajstić information content (AvgIpc) is 2.91.